The summed E-state index contributed by atoms with van der Waals surface area (Å²) >= 11 is 0. The minimum absolute atomic E-state index is 0.0291. The van der Waals surface area contributed by atoms with E-state index >= 15 is 0 Å². The van der Waals surface area contributed by atoms with Crippen LogP contribution in [0, 0.1) is 0 Å². The molecule has 140 valence electrons. The molecule has 3 aromatic rings. The van der Waals surface area contributed by atoms with Gasteiger partial charge in [0.25, 0.3) is 5.91 Å². The molecule has 0 aliphatic carbocycles. The number of rotatable bonds is 3. The minimum atomic E-state index is -2.02. The monoisotopic (exact) mass is 375 g/mol. The van der Waals surface area contributed by atoms with E-state index in [-0.39, 0.29) is 18.1 Å². The van der Waals surface area contributed by atoms with E-state index in [1.54, 1.807) is 18.2 Å². The Bertz CT molecular complexity index is 1080. The average Bonchev–Trinajstić information content (AvgIpc) is 3.25. The van der Waals surface area contributed by atoms with Crippen molar-refractivity contribution >= 4 is 11.6 Å². The standard InChI is InChI=1S/C22H17NO5/c24-18-11-20-19(27-13-28-20)10-16(18)22(26)15-8-4-5-9-17(15)23(21(22)25)12-14-6-2-1-3-7-14/h1-11,24,26H,12-13H2/t22-/m1/s1. The number of carbonyl (C=O) groups excluding carboxylic acids is 1. The number of carbonyl (C=O) groups is 1. The van der Waals surface area contributed by atoms with Gasteiger partial charge in [0.2, 0.25) is 12.4 Å². The molecule has 1 amide bonds. The van der Waals surface area contributed by atoms with Crippen LogP contribution in [0.5, 0.6) is 17.2 Å². The van der Waals surface area contributed by atoms with Gasteiger partial charge in [0.15, 0.2) is 11.5 Å². The Morgan fingerprint density at radius 1 is 0.929 bits per heavy atom. The number of hydrogen-bond acceptors (Lipinski definition) is 5. The summed E-state index contributed by atoms with van der Waals surface area (Å²) in [7, 11) is 0. The molecule has 0 saturated carbocycles. The summed E-state index contributed by atoms with van der Waals surface area (Å²) in [5.41, 5.74) is 0.0202. The topological polar surface area (TPSA) is 79.2 Å². The SMILES string of the molecule is O=C1N(Cc2ccccc2)c2ccccc2[C@@]1(O)c1cc2c(cc1O)OCO2. The van der Waals surface area contributed by atoms with Gasteiger partial charge in [-0.15, -0.1) is 0 Å². The van der Waals surface area contributed by atoms with Gasteiger partial charge in [-0.05, 0) is 17.7 Å². The van der Waals surface area contributed by atoms with E-state index in [9.17, 15) is 15.0 Å². The lowest BCUT2D eigenvalue weighted by atomic mass is 9.86. The van der Waals surface area contributed by atoms with E-state index in [0.29, 0.717) is 29.3 Å². The van der Waals surface area contributed by atoms with Crippen LogP contribution in [-0.2, 0) is 16.9 Å². The van der Waals surface area contributed by atoms with Gasteiger partial charge in [-0.25, -0.2) is 0 Å². The number of amides is 1. The third kappa shape index (κ3) is 2.28. The fraction of sp³-hybridized carbons (Fsp3) is 0.136. The third-order valence-electron chi connectivity index (χ3n) is 5.20. The lowest BCUT2D eigenvalue weighted by molar-refractivity contribution is -0.132. The molecule has 3 aromatic carbocycles. The van der Waals surface area contributed by atoms with E-state index in [1.807, 2.05) is 36.4 Å². The van der Waals surface area contributed by atoms with Crippen LogP contribution >= 0.6 is 0 Å². The van der Waals surface area contributed by atoms with Crippen LogP contribution in [-0.4, -0.2) is 22.9 Å². The molecule has 0 bridgehead atoms. The van der Waals surface area contributed by atoms with E-state index in [2.05, 4.69) is 0 Å². The highest BCUT2D eigenvalue weighted by atomic mass is 16.7. The largest absolute Gasteiger partial charge is 0.507 e. The van der Waals surface area contributed by atoms with Crippen LogP contribution in [0.1, 0.15) is 16.7 Å². The van der Waals surface area contributed by atoms with Crippen LogP contribution in [0.15, 0.2) is 66.7 Å². The first-order valence-electron chi connectivity index (χ1n) is 8.90. The molecule has 6 nitrogen and oxygen atoms in total. The number of nitrogens with zero attached hydrogens (tertiary/aromatic N) is 1. The maximum absolute atomic E-state index is 13.4. The van der Waals surface area contributed by atoms with Gasteiger partial charge in [-0.1, -0.05) is 48.5 Å². The summed E-state index contributed by atoms with van der Waals surface area (Å²) < 4.78 is 10.6. The second-order valence-corrected chi connectivity index (χ2v) is 6.83. The lowest BCUT2D eigenvalue weighted by Gasteiger charge is -2.24. The van der Waals surface area contributed by atoms with Crippen molar-refractivity contribution in [1.29, 1.82) is 0 Å². The number of aliphatic hydroxyl groups is 1. The zero-order valence-corrected chi connectivity index (χ0v) is 14.8. The molecule has 6 heteroatoms. The molecule has 5 rings (SSSR count). The highest BCUT2D eigenvalue weighted by Gasteiger charge is 2.52. The number of phenolic OH excluding ortho intramolecular Hbond substituents is 1. The Kier molecular flexibility index (Phi) is 3.57. The maximum Gasteiger partial charge on any atom is 0.268 e. The highest BCUT2D eigenvalue weighted by Crippen LogP contribution is 2.50. The predicted octanol–water partition coefficient (Wildman–Crippen LogP) is 2.90. The van der Waals surface area contributed by atoms with Gasteiger partial charge >= 0.3 is 0 Å². The van der Waals surface area contributed by atoms with Gasteiger partial charge in [-0.3, -0.25) is 4.79 Å². The van der Waals surface area contributed by atoms with Crippen molar-refractivity contribution in [1.82, 2.24) is 0 Å². The van der Waals surface area contributed by atoms with Crippen LogP contribution in [0.3, 0.4) is 0 Å². The first kappa shape index (κ1) is 16.6. The molecule has 0 unspecified atom stereocenters. The lowest BCUT2D eigenvalue weighted by Crippen LogP contribution is -2.41. The summed E-state index contributed by atoms with van der Waals surface area (Å²) in [6.45, 7) is 0.339. The zero-order chi connectivity index (χ0) is 19.3. The Morgan fingerprint density at radius 2 is 1.61 bits per heavy atom. The molecule has 2 N–H and O–H groups in total. The van der Waals surface area contributed by atoms with E-state index < -0.39 is 11.5 Å². The van der Waals surface area contributed by atoms with Gasteiger partial charge in [0.05, 0.1) is 12.2 Å². The first-order chi connectivity index (χ1) is 13.6. The Balaban J connectivity index is 1.65. The summed E-state index contributed by atoms with van der Waals surface area (Å²) in [5.74, 6) is 0.0147. The molecular formula is C22H17NO5. The molecule has 0 radical (unpaired) electrons. The van der Waals surface area contributed by atoms with E-state index in [1.165, 1.54) is 17.0 Å². The fourth-order valence-corrected chi connectivity index (χ4v) is 3.84. The minimum Gasteiger partial charge on any atom is -0.507 e. The van der Waals surface area contributed by atoms with E-state index in [0.717, 1.165) is 5.56 Å². The van der Waals surface area contributed by atoms with Gasteiger partial charge < -0.3 is 24.6 Å². The summed E-state index contributed by atoms with van der Waals surface area (Å²) in [6, 6.07) is 19.4. The van der Waals surface area contributed by atoms with Gasteiger partial charge in [-0.2, -0.15) is 0 Å². The fourth-order valence-electron chi connectivity index (χ4n) is 3.84. The van der Waals surface area contributed by atoms with Gasteiger partial charge in [0.1, 0.15) is 5.75 Å². The third-order valence-corrected chi connectivity index (χ3v) is 5.20. The van der Waals surface area contributed by atoms with E-state index in [4.69, 9.17) is 9.47 Å². The second kappa shape index (κ2) is 6.00. The molecule has 1 atom stereocenters. The molecular weight excluding hydrogens is 358 g/mol. The summed E-state index contributed by atoms with van der Waals surface area (Å²) in [6.07, 6.45) is 0. The Labute approximate surface area is 161 Å². The number of aromatic hydroxyl groups is 1. The normalized spacial score (nSPS) is 19.8. The Hall–Kier alpha value is -3.51. The number of para-hydroxylation sites is 1. The number of phenols is 1. The molecule has 2 heterocycles. The zero-order valence-electron chi connectivity index (χ0n) is 14.8. The molecule has 2 aliphatic rings. The summed E-state index contributed by atoms with van der Waals surface area (Å²) in [5, 5.41) is 22.1. The van der Waals surface area contributed by atoms with Crippen LogP contribution in [0.4, 0.5) is 5.69 Å². The van der Waals surface area contributed by atoms with Crippen molar-refractivity contribution in [3.05, 3.63) is 83.4 Å². The number of benzene rings is 3. The molecule has 0 saturated heterocycles. The van der Waals surface area contributed by atoms with Crippen LogP contribution in [0.25, 0.3) is 0 Å². The first-order valence-corrected chi connectivity index (χ1v) is 8.90. The Morgan fingerprint density at radius 3 is 2.39 bits per heavy atom. The van der Waals surface area contributed by atoms with Crippen molar-refractivity contribution in [2.75, 3.05) is 11.7 Å². The smallest absolute Gasteiger partial charge is 0.268 e. The van der Waals surface area contributed by atoms with Crippen molar-refractivity contribution in [2.24, 2.45) is 0 Å². The number of anilines is 1. The van der Waals surface area contributed by atoms with Gasteiger partial charge in [0, 0.05) is 17.2 Å². The quantitative estimate of drug-likeness (QED) is 0.736. The van der Waals surface area contributed by atoms with Crippen LogP contribution < -0.4 is 14.4 Å². The maximum atomic E-state index is 13.4. The molecule has 28 heavy (non-hydrogen) atoms. The van der Waals surface area contributed by atoms with Crippen molar-refractivity contribution in [3.8, 4) is 17.2 Å². The molecule has 0 fully saturated rings. The second-order valence-electron chi connectivity index (χ2n) is 6.83. The van der Waals surface area contributed by atoms with Crippen molar-refractivity contribution in [2.45, 2.75) is 12.1 Å². The number of hydrogen-bond donors (Lipinski definition) is 2. The molecule has 0 aromatic heterocycles. The van der Waals surface area contributed by atoms with Crippen LogP contribution in [0.2, 0.25) is 0 Å². The van der Waals surface area contributed by atoms with Crippen molar-refractivity contribution in [3.63, 3.8) is 0 Å². The number of fused-ring (bicyclic) bond motifs is 2. The molecule has 2 aliphatic heterocycles. The van der Waals surface area contributed by atoms with Crippen molar-refractivity contribution < 1.29 is 24.5 Å². The molecule has 0 spiro atoms. The average molecular weight is 375 g/mol. The summed E-state index contributed by atoms with van der Waals surface area (Å²) in [4.78, 5) is 15.0. The predicted molar refractivity (Wildman–Crippen MR) is 101 cm³/mol. The number of ether oxygens (including phenoxy) is 2. The highest BCUT2D eigenvalue weighted by molar-refractivity contribution is 6.09.